The third-order valence-electron chi connectivity index (χ3n) is 1.82. The van der Waals surface area contributed by atoms with E-state index in [4.69, 9.17) is 5.73 Å². The Morgan fingerprint density at radius 3 is 2.71 bits per heavy atom. The van der Waals surface area contributed by atoms with Crippen LogP contribution in [-0.4, -0.2) is 18.8 Å². The van der Waals surface area contributed by atoms with Crippen LogP contribution in [0.25, 0.3) is 0 Å². The van der Waals surface area contributed by atoms with E-state index in [2.05, 4.69) is 30.0 Å². The minimum Gasteiger partial charge on any atom is -0.375 e. The summed E-state index contributed by atoms with van der Waals surface area (Å²) in [5.74, 6) is 2.27. The molecule has 0 atom stereocenters. The van der Waals surface area contributed by atoms with Crippen LogP contribution in [0.2, 0.25) is 25.7 Å². The van der Waals surface area contributed by atoms with E-state index in [9.17, 15) is 0 Å². The summed E-state index contributed by atoms with van der Waals surface area (Å²) < 4.78 is 0. The van der Waals surface area contributed by atoms with Crippen molar-refractivity contribution in [3.63, 3.8) is 0 Å². The molecule has 5 heteroatoms. The van der Waals surface area contributed by atoms with Crippen LogP contribution in [-0.2, 0) is 5.75 Å². The maximum atomic E-state index is 5.56. The highest BCUT2D eigenvalue weighted by atomic mass is 32.2. The van der Waals surface area contributed by atoms with Crippen molar-refractivity contribution in [3.05, 3.63) is 11.1 Å². The molecule has 0 unspecified atom stereocenters. The van der Waals surface area contributed by atoms with Crippen LogP contribution in [0.4, 0.5) is 5.13 Å². The van der Waals surface area contributed by atoms with Gasteiger partial charge in [0.1, 0.15) is 0 Å². The largest absolute Gasteiger partial charge is 0.375 e. The first-order valence-corrected chi connectivity index (χ1v) is 10.5. The van der Waals surface area contributed by atoms with E-state index in [0.29, 0.717) is 5.13 Å². The third-order valence-corrected chi connectivity index (χ3v) is 5.64. The average molecular weight is 246 g/mol. The van der Waals surface area contributed by atoms with E-state index in [1.165, 1.54) is 23.1 Å². The van der Waals surface area contributed by atoms with Gasteiger partial charge in [-0.05, 0) is 11.8 Å². The fourth-order valence-corrected chi connectivity index (χ4v) is 5.14. The lowest BCUT2D eigenvalue weighted by atomic mass is 10.6. The summed E-state index contributed by atoms with van der Waals surface area (Å²) in [4.78, 5) is 4.23. The standard InChI is InChI=1S/C9H18N2S2Si/c1-14(2,3)5-4-12-6-8-7-13-9(10)11-8/h7H,4-6H2,1-3H3,(H2,10,11). The molecule has 2 N–H and O–H groups in total. The fraction of sp³-hybridized carbons (Fsp3) is 0.667. The summed E-state index contributed by atoms with van der Waals surface area (Å²) in [6, 6.07) is 1.39. The zero-order valence-electron chi connectivity index (χ0n) is 9.04. The molecule has 0 aromatic carbocycles. The molecule has 2 nitrogen and oxygen atoms in total. The maximum absolute atomic E-state index is 5.56. The second-order valence-corrected chi connectivity index (χ2v) is 12.2. The lowest BCUT2D eigenvalue weighted by Crippen LogP contribution is -2.19. The molecule has 0 aliphatic rings. The highest BCUT2D eigenvalue weighted by Gasteiger charge is 2.11. The molecular formula is C9H18N2S2Si. The number of nitrogens with two attached hydrogens (primary N) is 1. The number of aromatic nitrogens is 1. The molecule has 0 amide bonds. The van der Waals surface area contributed by atoms with Crippen LogP contribution >= 0.6 is 23.1 Å². The molecule has 0 saturated heterocycles. The van der Waals surface area contributed by atoms with Crippen molar-refractivity contribution < 1.29 is 0 Å². The number of thiazole rings is 1. The Kier molecular flexibility index (Phi) is 4.47. The van der Waals surface area contributed by atoms with Crippen LogP contribution in [0.5, 0.6) is 0 Å². The first-order valence-electron chi connectivity index (χ1n) is 4.75. The number of nitrogen functional groups attached to an aromatic ring is 1. The van der Waals surface area contributed by atoms with Gasteiger partial charge in [0.2, 0.25) is 0 Å². The number of hydrogen-bond acceptors (Lipinski definition) is 4. The van der Waals surface area contributed by atoms with Crippen LogP contribution in [0.1, 0.15) is 5.69 Å². The Bertz CT molecular complexity index is 281. The van der Waals surface area contributed by atoms with Crippen molar-refractivity contribution in [3.8, 4) is 0 Å². The van der Waals surface area contributed by atoms with Gasteiger partial charge in [0.25, 0.3) is 0 Å². The molecular weight excluding hydrogens is 228 g/mol. The quantitative estimate of drug-likeness (QED) is 0.640. The molecule has 0 bridgehead atoms. The predicted octanol–water partition coefficient (Wildman–Crippen LogP) is 3.30. The molecule has 0 fully saturated rings. The monoisotopic (exact) mass is 246 g/mol. The van der Waals surface area contributed by atoms with Gasteiger partial charge in [-0.2, -0.15) is 11.8 Å². The molecule has 0 aliphatic heterocycles. The minimum atomic E-state index is -0.854. The van der Waals surface area contributed by atoms with Gasteiger partial charge in [0, 0.05) is 19.2 Å². The average Bonchev–Trinajstić information content (AvgIpc) is 2.44. The zero-order valence-corrected chi connectivity index (χ0v) is 11.7. The number of rotatable bonds is 5. The molecule has 0 aliphatic carbocycles. The zero-order chi connectivity index (χ0) is 10.6. The maximum Gasteiger partial charge on any atom is 0.180 e. The summed E-state index contributed by atoms with van der Waals surface area (Å²) in [7, 11) is -0.854. The lowest BCUT2D eigenvalue weighted by Gasteiger charge is -2.14. The van der Waals surface area contributed by atoms with E-state index in [0.717, 1.165) is 11.4 Å². The molecule has 0 radical (unpaired) electrons. The van der Waals surface area contributed by atoms with Crippen molar-refractivity contribution >= 4 is 36.3 Å². The normalized spacial score (nSPS) is 11.9. The fourth-order valence-electron chi connectivity index (χ4n) is 0.944. The first-order chi connectivity index (χ1) is 6.47. The van der Waals surface area contributed by atoms with E-state index in [1.807, 2.05) is 11.8 Å². The Morgan fingerprint density at radius 1 is 1.50 bits per heavy atom. The van der Waals surface area contributed by atoms with Crippen molar-refractivity contribution in [1.29, 1.82) is 0 Å². The molecule has 14 heavy (non-hydrogen) atoms. The SMILES string of the molecule is C[Si](C)(C)CCSCc1csc(N)n1. The van der Waals surface area contributed by atoms with E-state index < -0.39 is 8.07 Å². The smallest absolute Gasteiger partial charge is 0.180 e. The first kappa shape index (κ1) is 12.1. The summed E-state index contributed by atoms with van der Waals surface area (Å²) in [5.41, 5.74) is 6.69. The highest BCUT2D eigenvalue weighted by Crippen LogP contribution is 2.19. The van der Waals surface area contributed by atoms with Gasteiger partial charge in [0.15, 0.2) is 5.13 Å². The van der Waals surface area contributed by atoms with Gasteiger partial charge in [-0.1, -0.05) is 19.6 Å². The Morgan fingerprint density at radius 2 is 2.21 bits per heavy atom. The summed E-state index contributed by atoms with van der Waals surface area (Å²) in [6.07, 6.45) is 0. The molecule has 0 saturated carbocycles. The molecule has 1 rings (SSSR count). The summed E-state index contributed by atoms with van der Waals surface area (Å²) in [6.45, 7) is 7.23. The van der Waals surface area contributed by atoms with E-state index >= 15 is 0 Å². The van der Waals surface area contributed by atoms with Crippen LogP contribution in [0.15, 0.2) is 5.38 Å². The number of thioether (sulfide) groups is 1. The van der Waals surface area contributed by atoms with Crippen molar-refractivity contribution in [1.82, 2.24) is 4.98 Å². The van der Waals surface area contributed by atoms with Gasteiger partial charge in [0.05, 0.1) is 5.69 Å². The molecule has 1 aromatic heterocycles. The number of anilines is 1. The van der Waals surface area contributed by atoms with Gasteiger partial charge in [-0.3, -0.25) is 0 Å². The van der Waals surface area contributed by atoms with Crippen molar-refractivity contribution in [2.24, 2.45) is 0 Å². The molecule has 1 heterocycles. The van der Waals surface area contributed by atoms with Gasteiger partial charge < -0.3 is 5.73 Å². The van der Waals surface area contributed by atoms with E-state index in [1.54, 1.807) is 0 Å². The molecule has 1 aromatic rings. The van der Waals surface area contributed by atoms with Crippen LogP contribution in [0, 0.1) is 0 Å². The van der Waals surface area contributed by atoms with E-state index in [-0.39, 0.29) is 0 Å². The minimum absolute atomic E-state index is 0.686. The number of hydrogen-bond donors (Lipinski definition) is 1. The topological polar surface area (TPSA) is 38.9 Å². The van der Waals surface area contributed by atoms with Crippen molar-refractivity contribution in [2.45, 2.75) is 31.4 Å². The summed E-state index contributed by atoms with van der Waals surface area (Å²) in [5, 5.41) is 2.74. The second kappa shape index (κ2) is 5.18. The number of nitrogens with zero attached hydrogens (tertiary/aromatic N) is 1. The lowest BCUT2D eigenvalue weighted by molar-refractivity contribution is 1.23. The molecule has 0 spiro atoms. The predicted molar refractivity (Wildman–Crippen MR) is 70.8 cm³/mol. The van der Waals surface area contributed by atoms with Crippen LogP contribution in [0.3, 0.4) is 0 Å². The van der Waals surface area contributed by atoms with Crippen molar-refractivity contribution in [2.75, 3.05) is 11.5 Å². The summed E-state index contributed by atoms with van der Waals surface area (Å²) >= 11 is 3.50. The van der Waals surface area contributed by atoms with Gasteiger partial charge in [-0.25, -0.2) is 4.98 Å². The Hall–Kier alpha value is -0.00312. The Balaban J connectivity index is 2.16. The second-order valence-electron chi connectivity index (χ2n) is 4.54. The van der Waals surface area contributed by atoms with Gasteiger partial charge >= 0.3 is 0 Å². The molecule has 80 valence electrons. The van der Waals surface area contributed by atoms with Gasteiger partial charge in [-0.15, -0.1) is 11.3 Å². The van der Waals surface area contributed by atoms with Crippen LogP contribution < -0.4 is 5.73 Å². The third kappa shape index (κ3) is 5.02. The highest BCUT2D eigenvalue weighted by molar-refractivity contribution is 7.98. The Labute approximate surface area is 95.3 Å².